The Morgan fingerprint density at radius 3 is 2.50 bits per heavy atom. The van der Waals surface area contributed by atoms with E-state index in [9.17, 15) is 18.0 Å². The van der Waals surface area contributed by atoms with E-state index in [4.69, 9.17) is 5.11 Å². The minimum absolute atomic E-state index is 0.187. The molecule has 8 heteroatoms. The molecular weight excluding hydrogens is 317 g/mol. The van der Waals surface area contributed by atoms with Gasteiger partial charge in [0.1, 0.15) is 5.01 Å². The number of alkyl halides is 3. The molecule has 4 nitrogen and oxygen atoms in total. The molecular formula is C14H13F3N2O2S. The Kier molecular flexibility index (Phi) is 4.82. The summed E-state index contributed by atoms with van der Waals surface area (Å²) in [5.74, 6) is -1.00. The van der Waals surface area contributed by atoms with Crippen LogP contribution in [0.3, 0.4) is 0 Å². The van der Waals surface area contributed by atoms with Crippen molar-refractivity contribution in [3.05, 3.63) is 51.5 Å². The number of thiazole rings is 1. The average Bonchev–Trinajstić information content (AvgIpc) is 2.95. The van der Waals surface area contributed by atoms with Crippen LogP contribution in [0, 0.1) is 0 Å². The number of hydrogen-bond acceptors (Lipinski definition) is 4. The van der Waals surface area contributed by atoms with Crippen LogP contribution >= 0.6 is 11.3 Å². The smallest absolute Gasteiger partial charge is 0.434 e. The van der Waals surface area contributed by atoms with Gasteiger partial charge in [-0.3, -0.25) is 0 Å². The number of carboxylic acids is 1. The highest BCUT2D eigenvalue weighted by molar-refractivity contribution is 7.09. The second-order valence-electron chi connectivity index (χ2n) is 4.67. The molecule has 1 aromatic carbocycles. The van der Waals surface area contributed by atoms with E-state index in [0.717, 1.165) is 22.3 Å². The lowest BCUT2D eigenvalue weighted by Crippen LogP contribution is -2.18. The van der Waals surface area contributed by atoms with Crippen LogP contribution in [0.15, 0.2) is 29.6 Å². The first-order valence-electron chi connectivity index (χ1n) is 6.35. The van der Waals surface area contributed by atoms with Gasteiger partial charge < -0.3 is 10.4 Å². The lowest BCUT2D eigenvalue weighted by molar-refractivity contribution is -0.140. The minimum atomic E-state index is -4.43. The number of aromatic nitrogens is 1. The number of benzene rings is 1. The Morgan fingerprint density at radius 1 is 1.36 bits per heavy atom. The monoisotopic (exact) mass is 330 g/mol. The SMILES string of the molecule is CC(NCc1ccc(C(=O)O)cc1)c1nc(C(F)(F)F)cs1. The van der Waals surface area contributed by atoms with Gasteiger partial charge in [-0.25, -0.2) is 9.78 Å². The Bertz CT molecular complexity index is 653. The molecule has 1 atom stereocenters. The molecule has 0 aliphatic carbocycles. The van der Waals surface area contributed by atoms with Crippen molar-refractivity contribution < 1.29 is 23.1 Å². The molecule has 22 heavy (non-hydrogen) atoms. The van der Waals surface area contributed by atoms with Crippen molar-refractivity contribution in [2.75, 3.05) is 0 Å². The molecule has 0 amide bonds. The van der Waals surface area contributed by atoms with Gasteiger partial charge in [0.2, 0.25) is 0 Å². The predicted molar refractivity (Wildman–Crippen MR) is 75.8 cm³/mol. The van der Waals surface area contributed by atoms with Crippen molar-refractivity contribution >= 4 is 17.3 Å². The molecule has 0 radical (unpaired) electrons. The Balaban J connectivity index is 1.96. The zero-order chi connectivity index (χ0) is 16.3. The Labute approximate surface area is 128 Å². The summed E-state index contributed by atoms with van der Waals surface area (Å²) in [5.41, 5.74) is 0.142. The molecule has 0 aliphatic heterocycles. The first-order valence-corrected chi connectivity index (χ1v) is 7.23. The van der Waals surface area contributed by atoms with Crippen LogP contribution in [0.1, 0.15) is 39.6 Å². The third-order valence-electron chi connectivity index (χ3n) is 3.00. The number of nitrogens with zero attached hydrogens (tertiary/aromatic N) is 1. The summed E-state index contributed by atoms with van der Waals surface area (Å²) in [7, 11) is 0. The van der Waals surface area contributed by atoms with Crippen molar-refractivity contribution in [2.45, 2.75) is 25.7 Å². The van der Waals surface area contributed by atoms with E-state index >= 15 is 0 Å². The van der Waals surface area contributed by atoms with Crippen LogP contribution in [0.2, 0.25) is 0 Å². The number of rotatable bonds is 5. The summed E-state index contributed by atoms with van der Waals surface area (Å²) in [6.45, 7) is 2.13. The fourth-order valence-electron chi connectivity index (χ4n) is 1.74. The van der Waals surface area contributed by atoms with Gasteiger partial charge in [0.25, 0.3) is 0 Å². The van der Waals surface area contributed by atoms with Crippen molar-refractivity contribution in [3.8, 4) is 0 Å². The molecule has 1 aromatic heterocycles. The van der Waals surface area contributed by atoms with E-state index in [1.165, 1.54) is 12.1 Å². The van der Waals surface area contributed by atoms with E-state index < -0.39 is 17.8 Å². The number of carbonyl (C=O) groups is 1. The topological polar surface area (TPSA) is 62.2 Å². The number of aromatic carboxylic acids is 1. The highest BCUT2D eigenvalue weighted by atomic mass is 32.1. The molecule has 2 rings (SSSR count). The van der Waals surface area contributed by atoms with Crippen molar-refractivity contribution in [2.24, 2.45) is 0 Å². The molecule has 0 spiro atoms. The molecule has 2 N–H and O–H groups in total. The van der Waals surface area contributed by atoms with Gasteiger partial charge >= 0.3 is 12.1 Å². The summed E-state index contributed by atoms with van der Waals surface area (Å²) >= 11 is 0.955. The molecule has 0 aliphatic rings. The second-order valence-corrected chi connectivity index (χ2v) is 5.56. The van der Waals surface area contributed by atoms with Gasteiger partial charge in [-0.2, -0.15) is 13.2 Å². The first kappa shape index (κ1) is 16.4. The quantitative estimate of drug-likeness (QED) is 0.877. The number of halogens is 3. The van der Waals surface area contributed by atoms with Gasteiger partial charge in [-0.15, -0.1) is 11.3 Å². The van der Waals surface area contributed by atoms with Gasteiger partial charge in [-0.05, 0) is 24.6 Å². The Morgan fingerprint density at radius 2 is 2.00 bits per heavy atom. The number of carboxylic acid groups (broad SMARTS) is 1. The maximum atomic E-state index is 12.5. The lowest BCUT2D eigenvalue weighted by atomic mass is 10.1. The average molecular weight is 330 g/mol. The van der Waals surface area contributed by atoms with Crippen molar-refractivity contribution in [1.29, 1.82) is 0 Å². The van der Waals surface area contributed by atoms with Crippen molar-refractivity contribution in [3.63, 3.8) is 0 Å². The molecule has 0 saturated carbocycles. The van der Waals surface area contributed by atoms with E-state index in [2.05, 4.69) is 10.3 Å². The zero-order valence-corrected chi connectivity index (χ0v) is 12.3. The van der Waals surface area contributed by atoms with E-state index in [1.54, 1.807) is 19.1 Å². The molecule has 1 unspecified atom stereocenters. The van der Waals surface area contributed by atoms with Gasteiger partial charge in [0, 0.05) is 11.9 Å². The van der Waals surface area contributed by atoms with Crippen LogP contribution in [0.4, 0.5) is 13.2 Å². The van der Waals surface area contributed by atoms with Crippen LogP contribution < -0.4 is 5.32 Å². The summed E-state index contributed by atoms with van der Waals surface area (Å²) in [5, 5.41) is 13.2. The fraction of sp³-hybridized carbons (Fsp3) is 0.286. The van der Waals surface area contributed by atoms with Crippen LogP contribution in [0.25, 0.3) is 0 Å². The van der Waals surface area contributed by atoms with E-state index in [1.807, 2.05) is 0 Å². The lowest BCUT2D eigenvalue weighted by Gasteiger charge is -2.11. The number of hydrogen-bond donors (Lipinski definition) is 2. The summed E-state index contributed by atoms with van der Waals surface area (Å²) < 4.78 is 37.5. The highest BCUT2D eigenvalue weighted by Gasteiger charge is 2.34. The maximum absolute atomic E-state index is 12.5. The van der Waals surface area contributed by atoms with Gasteiger partial charge in [0.15, 0.2) is 5.69 Å². The zero-order valence-electron chi connectivity index (χ0n) is 11.5. The molecule has 0 bridgehead atoms. The maximum Gasteiger partial charge on any atom is 0.434 e. The van der Waals surface area contributed by atoms with Crippen LogP contribution in [-0.4, -0.2) is 16.1 Å². The standard InChI is InChI=1S/C14H13F3N2O2S/c1-8(12-19-11(7-22-12)14(15,16)17)18-6-9-2-4-10(5-3-9)13(20)21/h2-5,7-8,18H,6H2,1H3,(H,20,21). The minimum Gasteiger partial charge on any atom is -0.478 e. The normalized spacial score (nSPS) is 13.1. The van der Waals surface area contributed by atoms with Crippen LogP contribution in [0.5, 0.6) is 0 Å². The summed E-state index contributed by atoms with van der Waals surface area (Å²) in [4.78, 5) is 14.3. The summed E-state index contributed by atoms with van der Waals surface area (Å²) in [6.07, 6.45) is -4.43. The summed E-state index contributed by atoms with van der Waals surface area (Å²) in [6, 6.07) is 5.95. The predicted octanol–water partition coefficient (Wildman–Crippen LogP) is 3.71. The largest absolute Gasteiger partial charge is 0.478 e. The molecule has 2 aromatic rings. The van der Waals surface area contributed by atoms with Crippen LogP contribution in [-0.2, 0) is 12.7 Å². The molecule has 1 heterocycles. The number of nitrogens with one attached hydrogen (secondary N) is 1. The first-order chi connectivity index (χ1) is 10.3. The Hall–Kier alpha value is -1.93. The third-order valence-corrected chi connectivity index (χ3v) is 4.02. The molecule has 118 valence electrons. The fourth-order valence-corrected chi connectivity index (χ4v) is 2.60. The third kappa shape index (κ3) is 4.05. The van der Waals surface area contributed by atoms with E-state index in [0.29, 0.717) is 11.6 Å². The second kappa shape index (κ2) is 6.45. The van der Waals surface area contributed by atoms with Gasteiger partial charge in [-0.1, -0.05) is 12.1 Å². The van der Waals surface area contributed by atoms with E-state index in [-0.39, 0.29) is 11.6 Å². The van der Waals surface area contributed by atoms with Gasteiger partial charge in [0.05, 0.1) is 11.6 Å². The molecule has 0 fully saturated rings. The molecule has 0 saturated heterocycles. The van der Waals surface area contributed by atoms with Crippen molar-refractivity contribution in [1.82, 2.24) is 10.3 Å². The highest BCUT2D eigenvalue weighted by Crippen LogP contribution is 2.31.